The Labute approximate surface area is 101 Å². The highest BCUT2D eigenvalue weighted by Gasteiger charge is 2.21. The van der Waals surface area contributed by atoms with Gasteiger partial charge in [-0.3, -0.25) is 9.59 Å². The second-order valence-corrected chi connectivity index (χ2v) is 4.78. The first-order chi connectivity index (χ1) is 8.24. The second kappa shape index (κ2) is 6.00. The second-order valence-electron chi connectivity index (χ2n) is 4.78. The molecule has 2 saturated heterocycles. The fourth-order valence-corrected chi connectivity index (χ4v) is 2.32. The van der Waals surface area contributed by atoms with Gasteiger partial charge >= 0.3 is 0 Å². The zero-order chi connectivity index (χ0) is 12.1. The van der Waals surface area contributed by atoms with Crippen LogP contribution in [-0.4, -0.2) is 37.1 Å². The third-order valence-electron chi connectivity index (χ3n) is 3.35. The van der Waals surface area contributed by atoms with Crippen LogP contribution in [0.1, 0.15) is 38.5 Å². The molecular formula is C12H20N2O3. The molecule has 2 fully saturated rings. The molecule has 2 aliphatic rings. The summed E-state index contributed by atoms with van der Waals surface area (Å²) in [4.78, 5) is 22.6. The number of carbonyl (C=O) groups is 2. The minimum absolute atomic E-state index is 0.0710. The lowest BCUT2D eigenvalue weighted by Gasteiger charge is -2.23. The van der Waals surface area contributed by atoms with Crippen LogP contribution in [0, 0.1) is 0 Å². The van der Waals surface area contributed by atoms with Gasteiger partial charge in [-0.2, -0.15) is 0 Å². The summed E-state index contributed by atoms with van der Waals surface area (Å²) in [6.07, 6.45) is 5.05. The molecule has 0 radical (unpaired) electrons. The van der Waals surface area contributed by atoms with Crippen LogP contribution in [0.3, 0.4) is 0 Å². The molecule has 0 bridgehead atoms. The van der Waals surface area contributed by atoms with Crippen LogP contribution < -0.4 is 10.6 Å². The van der Waals surface area contributed by atoms with Crippen molar-refractivity contribution in [2.75, 3.05) is 13.2 Å². The largest absolute Gasteiger partial charge is 0.378 e. The van der Waals surface area contributed by atoms with E-state index in [1.165, 1.54) is 0 Å². The Bertz CT molecular complexity index is 277. The minimum Gasteiger partial charge on any atom is -0.378 e. The predicted molar refractivity (Wildman–Crippen MR) is 62.4 cm³/mol. The van der Waals surface area contributed by atoms with Crippen LogP contribution in [0.5, 0.6) is 0 Å². The van der Waals surface area contributed by atoms with Crippen LogP contribution >= 0.6 is 0 Å². The lowest BCUT2D eigenvalue weighted by Crippen LogP contribution is -2.47. The van der Waals surface area contributed by atoms with Crippen molar-refractivity contribution >= 4 is 11.8 Å². The fourth-order valence-electron chi connectivity index (χ4n) is 2.32. The van der Waals surface area contributed by atoms with E-state index in [4.69, 9.17) is 4.74 Å². The maximum absolute atomic E-state index is 11.7. The molecular weight excluding hydrogens is 220 g/mol. The normalized spacial score (nSPS) is 28.8. The van der Waals surface area contributed by atoms with Gasteiger partial charge in [-0.1, -0.05) is 0 Å². The molecule has 2 heterocycles. The van der Waals surface area contributed by atoms with Gasteiger partial charge in [0, 0.05) is 32.0 Å². The average Bonchev–Trinajstić information content (AvgIpc) is 2.83. The van der Waals surface area contributed by atoms with Gasteiger partial charge in [0.15, 0.2) is 0 Å². The van der Waals surface area contributed by atoms with E-state index in [1.54, 1.807) is 0 Å². The van der Waals surface area contributed by atoms with Crippen LogP contribution in [0.4, 0.5) is 0 Å². The first-order valence-electron chi connectivity index (χ1n) is 6.41. The van der Waals surface area contributed by atoms with Crippen LogP contribution in [0.2, 0.25) is 0 Å². The molecule has 2 N–H and O–H groups in total. The van der Waals surface area contributed by atoms with Crippen molar-refractivity contribution in [3.8, 4) is 0 Å². The third kappa shape index (κ3) is 4.00. The Hall–Kier alpha value is -1.10. The Morgan fingerprint density at radius 1 is 1.47 bits per heavy atom. The molecule has 96 valence electrons. The number of ether oxygens (including phenoxy) is 1. The molecule has 0 aromatic rings. The first-order valence-corrected chi connectivity index (χ1v) is 6.41. The van der Waals surface area contributed by atoms with Crippen molar-refractivity contribution < 1.29 is 14.3 Å². The van der Waals surface area contributed by atoms with Crippen molar-refractivity contribution in [2.24, 2.45) is 0 Å². The zero-order valence-electron chi connectivity index (χ0n) is 10.0. The van der Waals surface area contributed by atoms with Gasteiger partial charge < -0.3 is 15.4 Å². The molecule has 2 amide bonds. The Morgan fingerprint density at radius 3 is 3.00 bits per heavy atom. The van der Waals surface area contributed by atoms with E-state index in [0.717, 1.165) is 32.3 Å². The topological polar surface area (TPSA) is 67.4 Å². The first kappa shape index (κ1) is 12.4. The van der Waals surface area contributed by atoms with Gasteiger partial charge in [-0.15, -0.1) is 0 Å². The molecule has 2 rings (SSSR count). The van der Waals surface area contributed by atoms with Crippen molar-refractivity contribution in [3.05, 3.63) is 0 Å². The van der Waals surface area contributed by atoms with Gasteiger partial charge in [-0.25, -0.2) is 0 Å². The molecule has 0 aliphatic carbocycles. The fraction of sp³-hybridized carbons (Fsp3) is 0.833. The SMILES string of the molecule is O=C1CCC(NC(=O)CCC2CCCO2)CN1. The third-order valence-corrected chi connectivity index (χ3v) is 3.35. The molecule has 2 atom stereocenters. The van der Waals surface area contributed by atoms with Gasteiger partial charge in [-0.05, 0) is 25.7 Å². The maximum Gasteiger partial charge on any atom is 0.220 e. The highest BCUT2D eigenvalue weighted by atomic mass is 16.5. The van der Waals surface area contributed by atoms with Gasteiger partial charge in [0.1, 0.15) is 0 Å². The lowest BCUT2D eigenvalue weighted by atomic mass is 10.1. The molecule has 2 aliphatic heterocycles. The number of nitrogens with one attached hydrogen (secondary N) is 2. The summed E-state index contributed by atoms with van der Waals surface area (Å²) in [6, 6.07) is 0.102. The smallest absolute Gasteiger partial charge is 0.220 e. The summed E-state index contributed by atoms with van der Waals surface area (Å²) < 4.78 is 5.47. The van der Waals surface area contributed by atoms with Crippen molar-refractivity contribution in [3.63, 3.8) is 0 Å². The van der Waals surface area contributed by atoms with E-state index in [-0.39, 0.29) is 24.0 Å². The van der Waals surface area contributed by atoms with E-state index in [0.29, 0.717) is 19.4 Å². The van der Waals surface area contributed by atoms with E-state index >= 15 is 0 Å². The van der Waals surface area contributed by atoms with Crippen molar-refractivity contribution in [1.29, 1.82) is 0 Å². The number of hydrogen-bond acceptors (Lipinski definition) is 3. The molecule has 0 aromatic carbocycles. The zero-order valence-corrected chi connectivity index (χ0v) is 10.0. The number of carbonyl (C=O) groups excluding carboxylic acids is 2. The Balaban J connectivity index is 1.61. The van der Waals surface area contributed by atoms with Gasteiger partial charge in [0.25, 0.3) is 0 Å². The summed E-state index contributed by atoms with van der Waals surface area (Å²) in [5.74, 6) is 0.150. The molecule has 5 nitrogen and oxygen atoms in total. The number of rotatable bonds is 4. The summed E-state index contributed by atoms with van der Waals surface area (Å²) in [5, 5.41) is 5.71. The van der Waals surface area contributed by atoms with E-state index < -0.39 is 0 Å². The maximum atomic E-state index is 11.7. The lowest BCUT2D eigenvalue weighted by molar-refractivity contribution is -0.126. The van der Waals surface area contributed by atoms with Crippen molar-refractivity contribution in [1.82, 2.24) is 10.6 Å². The molecule has 5 heteroatoms. The molecule has 2 unspecified atom stereocenters. The van der Waals surface area contributed by atoms with Crippen LogP contribution in [0.25, 0.3) is 0 Å². The van der Waals surface area contributed by atoms with Crippen LogP contribution in [-0.2, 0) is 14.3 Å². The Morgan fingerprint density at radius 2 is 2.35 bits per heavy atom. The van der Waals surface area contributed by atoms with E-state index in [1.807, 2.05) is 0 Å². The van der Waals surface area contributed by atoms with E-state index in [9.17, 15) is 9.59 Å². The highest BCUT2D eigenvalue weighted by Crippen LogP contribution is 2.16. The molecule has 0 aromatic heterocycles. The monoisotopic (exact) mass is 240 g/mol. The Kier molecular flexibility index (Phi) is 4.36. The van der Waals surface area contributed by atoms with Gasteiger partial charge in [0.05, 0.1) is 6.10 Å². The number of piperidine rings is 1. The molecule has 0 saturated carbocycles. The average molecular weight is 240 g/mol. The summed E-state index contributed by atoms with van der Waals surface area (Å²) >= 11 is 0. The standard InChI is InChI=1S/C12H20N2O3/c15-11-5-3-9(8-13-11)14-12(16)6-4-10-2-1-7-17-10/h9-10H,1-8H2,(H,13,15)(H,14,16). The van der Waals surface area contributed by atoms with Crippen molar-refractivity contribution in [2.45, 2.75) is 50.7 Å². The van der Waals surface area contributed by atoms with E-state index in [2.05, 4.69) is 10.6 Å². The molecule has 0 spiro atoms. The minimum atomic E-state index is 0.0710. The molecule has 17 heavy (non-hydrogen) atoms. The van der Waals surface area contributed by atoms with Gasteiger partial charge in [0.2, 0.25) is 11.8 Å². The quantitative estimate of drug-likeness (QED) is 0.744. The highest BCUT2D eigenvalue weighted by molar-refractivity contribution is 5.78. The predicted octanol–water partition coefficient (Wildman–Crippen LogP) is 0.340. The van der Waals surface area contributed by atoms with Crippen LogP contribution in [0.15, 0.2) is 0 Å². The number of amides is 2. The number of hydrogen-bond donors (Lipinski definition) is 2. The summed E-state index contributed by atoms with van der Waals surface area (Å²) in [5.41, 5.74) is 0. The summed E-state index contributed by atoms with van der Waals surface area (Å²) in [7, 11) is 0. The summed E-state index contributed by atoms with van der Waals surface area (Å²) in [6.45, 7) is 1.39.